The summed E-state index contributed by atoms with van der Waals surface area (Å²) in [7, 11) is -1.41. The second kappa shape index (κ2) is 7.93. The number of ketones is 1. The molecule has 2 heteroatoms. The van der Waals surface area contributed by atoms with Gasteiger partial charge in [-0.3, -0.25) is 4.79 Å². The van der Waals surface area contributed by atoms with Crippen molar-refractivity contribution in [3.63, 3.8) is 0 Å². The summed E-state index contributed by atoms with van der Waals surface area (Å²) in [4.78, 5) is 12.1. The van der Waals surface area contributed by atoms with Crippen molar-refractivity contribution >= 4 is 19.0 Å². The Morgan fingerprint density at radius 1 is 1.05 bits per heavy atom. The molecule has 0 N–H and O–H groups in total. The predicted molar refractivity (Wildman–Crippen MR) is 94.0 cm³/mol. The molecule has 0 aromatic heterocycles. The average Bonchev–Trinajstić information content (AvgIpc) is 2.49. The van der Waals surface area contributed by atoms with Crippen LogP contribution in [0.1, 0.15) is 57.9 Å². The molecule has 21 heavy (non-hydrogen) atoms. The Morgan fingerprint density at radius 2 is 1.71 bits per heavy atom. The maximum Gasteiger partial charge on any atom is 0.137 e. The van der Waals surface area contributed by atoms with E-state index >= 15 is 0 Å². The highest BCUT2D eigenvalue weighted by atomic mass is 28.3. The van der Waals surface area contributed by atoms with Crippen LogP contribution in [0.4, 0.5) is 0 Å². The number of hydrogen-bond donors (Lipinski definition) is 0. The van der Waals surface area contributed by atoms with Crippen LogP contribution in [0.15, 0.2) is 24.3 Å². The van der Waals surface area contributed by atoms with Gasteiger partial charge in [0.05, 0.1) is 8.07 Å². The third kappa shape index (κ3) is 4.06. The number of hydrogen-bond acceptors (Lipinski definition) is 1. The van der Waals surface area contributed by atoms with E-state index in [-0.39, 0.29) is 0 Å². The monoisotopic (exact) mass is 302 g/mol. The van der Waals surface area contributed by atoms with Gasteiger partial charge in [0, 0.05) is 12.8 Å². The van der Waals surface area contributed by atoms with Crippen molar-refractivity contribution < 1.29 is 4.79 Å². The van der Waals surface area contributed by atoms with E-state index in [1.165, 1.54) is 49.4 Å². The van der Waals surface area contributed by atoms with E-state index in [1.807, 2.05) is 0 Å². The molecule has 0 saturated heterocycles. The summed E-state index contributed by atoms with van der Waals surface area (Å²) in [5.74, 6) is 0.441. The Bertz CT molecular complexity index is 458. The van der Waals surface area contributed by atoms with E-state index in [0.29, 0.717) is 12.2 Å². The molecule has 0 amide bonds. The van der Waals surface area contributed by atoms with Gasteiger partial charge in [-0.25, -0.2) is 0 Å². The lowest BCUT2D eigenvalue weighted by molar-refractivity contribution is -0.118. The normalized spacial score (nSPS) is 17.9. The van der Waals surface area contributed by atoms with Crippen LogP contribution < -0.4 is 5.19 Å². The summed E-state index contributed by atoms with van der Waals surface area (Å²) in [6, 6.07) is 13.1. The van der Waals surface area contributed by atoms with Crippen molar-refractivity contribution in [3.8, 4) is 0 Å². The van der Waals surface area contributed by atoms with Crippen LogP contribution in [0.25, 0.3) is 0 Å². The Kier molecular flexibility index (Phi) is 6.22. The Morgan fingerprint density at radius 3 is 2.38 bits per heavy atom. The van der Waals surface area contributed by atoms with Crippen molar-refractivity contribution in [2.75, 3.05) is 0 Å². The number of Topliss-reactive ketones (excluding diaryl/α,β-unsaturated/α-hetero) is 1. The van der Waals surface area contributed by atoms with Gasteiger partial charge < -0.3 is 0 Å². The number of rotatable bonds is 6. The zero-order valence-electron chi connectivity index (χ0n) is 13.8. The molecule has 0 spiro atoms. The Labute approximate surface area is 131 Å². The fourth-order valence-corrected chi connectivity index (χ4v) is 9.70. The van der Waals surface area contributed by atoms with Gasteiger partial charge in [-0.1, -0.05) is 87.1 Å². The summed E-state index contributed by atoms with van der Waals surface area (Å²) >= 11 is 0. The molecule has 0 fully saturated rings. The van der Waals surface area contributed by atoms with Crippen LogP contribution in [-0.4, -0.2) is 13.9 Å². The molecule has 1 aliphatic rings. The van der Waals surface area contributed by atoms with Crippen molar-refractivity contribution in [1.82, 2.24) is 0 Å². The fraction of sp³-hybridized carbons (Fsp3) is 0.632. The highest BCUT2D eigenvalue weighted by Crippen LogP contribution is 2.31. The van der Waals surface area contributed by atoms with Crippen molar-refractivity contribution in [3.05, 3.63) is 29.8 Å². The van der Waals surface area contributed by atoms with Gasteiger partial charge in [-0.05, 0) is 12.0 Å². The summed E-state index contributed by atoms with van der Waals surface area (Å²) < 4.78 is 0. The lowest BCUT2D eigenvalue weighted by atomic mass is 10.1. The molecule has 1 aromatic rings. The van der Waals surface area contributed by atoms with Crippen molar-refractivity contribution in [2.45, 2.75) is 76.9 Å². The van der Waals surface area contributed by atoms with Gasteiger partial charge in [0.25, 0.3) is 0 Å². The van der Waals surface area contributed by atoms with E-state index in [1.54, 1.807) is 5.19 Å². The van der Waals surface area contributed by atoms with E-state index in [4.69, 9.17) is 0 Å². The minimum atomic E-state index is -1.41. The molecule has 0 bridgehead atoms. The number of carbonyl (C=O) groups is 1. The lowest BCUT2D eigenvalue weighted by Crippen LogP contribution is -2.50. The zero-order chi connectivity index (χ0) is 15.1. The van der Waals surface area contributed by atoms with Crippen LogP contribution in [0.3, 0.4) is 0 Å². The quantitative estimate of drug-likeness (QED) is 0.687. The Balaban J connectivity index is 2.40. The van der Waals surface area contributed by atoms with Gasteiger partial charge >= 0.3 is 0 Å². The maximum absolute atomic E-state index is 12.1. The maximum atomic E-state index is 12.1. The first-order valence-corrected chi connectivity index (χ1v) is 11.4. The molecule has 0 saturated carbocycles. The van der Waals surface area contributed by atoms with Gasteiger partial charge in [-0.2, -0.15) is 0 Å². The molecule has 1 aliphatic heterocycles. The van der Waals surface area contributed by atoms with Gasteiger partial charge in [-0.15, -0.1) is 0 Å². The molecule has 116 valence electrons. The van der Waals surface area contributed by atoms with Crippen LogP contribution in [0, 0.1) is 0 Å². The van der Waals surface area contributed by atoms with Crippen LogP contribution in [0.2, 0.25) is 18.1 Å². The van der Waals surface area contributed by atoms with Gasteiger partial charge in [0.1, 0.15) is 5.78 Å². The Hall–Kier alpha value is -0.893. The molecule has 0 aliphatic carbocycles. The van der Waals surface area contributed by atoms with Crippen molar-refractivity contribution in [2.24, 2.45) is 0 Å². The first-order valence-electron chi connectivity index (χ1n) is 8.82. The molecule has 0 atom stereocenters. The molecule has 1 aromatic carbocycles. The summed E-state index contributed by atoms with van der Waals surface area (Å²) in [6.07, 6.45) is 7.93. The number of unbranched alkanes of at least 4 members (excludes halogenated alkanes) is 2. The molecular weight excluding hydrogens is 272 g/mol. The molecule has 0 radical (unpaired) electrons. The van der Waals surface area contributed by atoms with Crippen LogP contribution >= 0.6 is 0 Å². The SMILES string of the molecule is CCCC[Si]1(CCCC)CCCC(=O)Cc2ccccc21. The van der Waals surface area contributed by atoms with Crippen LogP contribution in [0.5, 0.6) is 0 Å². The largest absolute Gasteiger partial charge is 0.299 e. The molecule has 0 unspecified atom stereocenters. The third-order valence-corrected chi connectivity index (χ3v) is 10.7. The molecule has 2 rings (SSSR count). The molecule has 1 heterocycles. The smallest absolute Gasteiger partial charge is 0.137 e. The summed E-state index contributed by atoms with van der Waals surface area (Å²) in [5.41, 5.74) is 1.36. The second-order valence-electron chi connectivity index (χ2n) is 6.71. The number of fused-ring (bicyclic) bond motifs is 1. The van der Waals surface area contributed by atoms with E-state index < -0.39 is 8.07 Å². The van der Waals surface area contributed by atoms with Crippen LogP contribution in [-0.2, 0) is 11.2 Å². The first kappa shape index (κ1) is 16.5. The van der Waals surface area contributed by atoms with E-state index in [9.17, 15) is 4.79 Å². The summed E-state index contributed by atoms with van der Waals surface area (Å²) in [6.45, 7) is 4.61. The minimum Gasteiger partial charge on any atom is -0.299 e. The minimum absolute atomic E-state index is 0.441. The molecule has 1 nitrogen and oxygen atoms in total. The van der Waals surface area contributed by atoms with Gasteiger partial charge in [0.15, 0.2) is 0 Å². The van der Waals surface area contributed by atoms with E-state index in [2.05, 4.69) is 38.1 Å². The fourth-order valence-electron chi connectivity index (χ4n) is 3.93. The summed E-state index contributed by atoms with van der Waals surface area (Å²) in [5, 5.41) is 1.62. The van der Waals surface area contributed by atoms with Crippen molar-refractivity contribution in [1.29, 1.82) is 0 Å². The number of carbonyl (C=O) groups excluding carboxylic acids is 1. The highest BCUT2D eigenvalue weighted by Gasteiger charge is 2.36. The predicted octanol–water partition coefficient (Wildman–Crippen LogP) is 4.85. The zero-order valence-corrected chi connectivity index (χ0v) is 14.8. The standard InChI is InChI=1S/C19H30OSi/c1-3-5-13-21(14-6-4-2)15-9-11-18(20)16-17-10-7-8-12-19(17)21/h7-8,10,12H,3-6,9,11,13-16H2,1-2H3. The third-order valence-electron chi connectivity index (χ3n) is 5.11. The highest BCUT2D eigenvalue weighted by molar-refractivity contribution is 6.92. The number of benzene rings is 1. The van der Waals surface area contributed by atoms with Gasteiger partial charge in [0.2, 0.25) is 0 Å². The second-order valence-corrected chi connectivity index (χ2v) is 11.3. The topological polar surface area (TPSA) is 17.1 Å². The van der Waals surface area contributed by atoms with E-state index in [0.717, 1.165) is 12.8 Å². The average molecular weight is 303 g/mol. The first-order chi connectivity index (χ1) is 10.2. The molecular formula is C19H30OSi. The lowest BCUT2D eigenvalue weighted by Gasteiger charge is -2.36.